The standard InChI is InChI=1S/C45H42N8O7.C24H19N3O3.C22H26N4O5.CH3F/c1-46-42(57)33-26-48-34-17-16-29(25-32(34)40(33)49-30-7-3-2-4-8-30)27-12-14-28(15-13-27)41(56)47-20-6-11-38(55)52-23-21-51(22-24-52)35-10-5-9-31-39(35)45(60)53(44(31)59)36-18-19-37(54)50-43(36)58;1-25-23(28)20-14-26-21-12-11-17(15-7-9-16(10-8-15)24(29)30)13-19(21)22(20)27-18-5-3-2-4-6-18;23-10-2-5-18(28)25-11-8-13(9-12-25)14-3-1-4-15-19(14)22(31)26(21(15)30)16-6-7-17(27)24-20(16)29;1-2/h2-5,7-10,12-17,25-26,36H,6,11,18-24H2,1H3,(H,46,57)(H,47,56)(H,48,49)(H,50,54,58);2-14H,1H3,(H,25,28)(H,26,27)(H,29,30);1,3-4,13,16H,2,5-12,23H2,(H,24,27,29);1H3/i;;;1D. The maximum Gasteiger partial charge on any atom is 0.335 e. The second kappa shape index (κ2) is 39.0. The van der Waals surface area contributed by atoms with Crippen molar-refractivity contribution in [3.63, 3.8) is 0 Å². The van der Waals surface area contributed by atoms with Crippen LogP contribution in [0.3, 0.4) is 0 Å². The number of aromatic nitrogens is 2. The van der Waals surface area contributed by atoms with Gasteiger partial charge in [-0.05, 0) is 170 Å². The van der Waals surface area contributed by atoms with Crippen molar-refractivity contribution in [1.29, 1.82) is 0 Å². The molecule has 0 bridgehead atoms. The Morgan fingerprint density at radius 2 is 0.951 bits per heavy atom. The van der Waals surface area contributed by atoms with Crippen LogP contribution in [0, 0.1) is 0 Å². The number of carbonyl (C=O) groups excluding carboxylic acids is 13. The second-order valence-corrected chi connectivity index (χ2v) is 29.8. The predicted octanol–water partition coefficient (Wildman–Crippen LogP) is 10.1. The van der Waals surface area contributed by atoms with Gasteiger partial charge < -0.3 is 52.1 Å². The molecule has 10 N–H and O–H groups in total. The first-order chi connectivity index (χ1) is 60.0. The van der Waals surface area contributed by atoms with Gasteiger partial charge in [-0.1, -0.05) is 91.0 Å². The Morgan fingerprint density at radius 1 is 0.504 bits per heavy atom. The molecule has 4 fully saturated rings. The lowest BCUT2D eigenvalue weighted by molar-refractivity contribution is -0.137. The molecule has 10 aromatic rings. The summed E-state index contributed by atoms with van der Waals surface area (Å²) in [5.41, 5.74) is 17.5. The summed E-state index contributed by atoms with van der Waals surface area (Å²) in [4.78, 5) is 192. The SMILES string of the molecule is CNC(=O)c1cnc2ccc(-c3ccc(C(=O)NCCCC(=O)N4CCN(c5cccc6c5C(=O)N(C5CCC(=O)NC5=O)C6=O)CC4)cc3)cc2c1Nc1ccccc1.CNC(=O)c1cnc2ccc(-c3ccc(C(=O)O)cc3)cc2c1Nc1ccccc1.NCCCC(=O)N1CCC(c2cccc3c2C(=O)N(C2CCC(=O)NC2=O)C3=O)CC1.[2H]CF. The molecular weight excluding hydrogens is 1570 g/mol. The molecule has 123 heavy (non-hydrogen) atoms. The van der Waals surface area contributed by atoms with Gasteiger partial charge in [-0.2, -0.15) is 0 Å². The Kier molecular flexibility index (Phi) is 26.8. The van der Waals surface area contributed by atoms with E-state index in [1.165, 1.54) is 0 Å². The first kappa shape index (κ1) is 84.7. The fourth-order valence-corrected chi connectivity index (χ4v) is 16.0. The lowest BCUT2D eigenvalue weighted by atomic mass is 9.85. The average Bonchev–Trinajstić information content (AvgIpc) is 1.59. The molecule has 4 saturated heterocycles. The van der Waals surface area contributed by atoms with Crippen molar-refractivity contribution in [2.24, 2.45) is 5.73 Å². The molecule has 8 aromatic carbocycles. The number of amides is 13. The van der Waals surface area contributed by atoms with Crippen LogP contribution in [0.25, 0.3) is 44.1 Å². The number of pyridine rings is 2. The second-order valence-electron chi connectivity index (χ2n) is 29.8. The normalized spacial score (nSPS) is 16.3. The quantitative estimate of drug-likeness (QED) is 0.0238. The number of likely N-dealkylation sites (tertiary alicyclic amines) is 1. The summed E-state index contributed by atoms with van der Waals surface area (Å²) in [7, 11) is 2.16. The first-order valence-electron chi connectivity index (χ1n) is 40.9. The van der Waals surface area contributed by atoms with Crippen molar-refractivity contribution < 1.29 is 78.0 Å². The van der Waals surface area contributed by atoms with E-state index < -0.39 is 72.5 Å². The zero-order chi connectivity index (χ0) is 87.8. The monoisotopic (exact) mass is 1660 g/mol. The minimum Gasteiger partial charge on any atom is -0.478 e. The summed E-state index contributed by atoms with van der Waals surface area (Å²) in [6, 6.07) is 52.9. The number of benzene rings is 8. The van der Waals surface area contributed by atoms with Crippen molar-refractivity contribution in [3.8, 4) is 22.3 Å². The van der Waals surface area contributed by atoms with Crippen molar-refractivity contribution in [1.82, 2.24) is 56.2 Å². The number of nitrogens with zero attached hydrogens (tertiary/aromatic N) is 7. The number of anilines is 5. The lowest BCUT2D eigenvalue weighted by Gasteiger charge is -2.37. The maximum atomic E-state index is 13.6. The molecule has 8 heterocycles. The lowest BCUT2D eigenvalue weighted by Crippen LogP contribution is -2.54. The Bertz CT molecular complexity index is 5830. The van der Waals surface area contributed by atoms with Crippen LogP contribution in [-0.4, -0.2) is 203 Å². The average molecular weight is 1670 g/mol. The van der Waals surface area contributed by atoms with Crippen LogP contribution in [0.5, 0.6) is 0 Å². The van der Waals surface area contributed by atoms with Gasteiger partial charge in [-0.15, -0.1) is 0 Å². The van der Waals surface area contributed by atoms with Crippen LogP contribution < -0.4 is 47.9 Å². The number of aromatic carboxylic acids is 1. The van der Waals surface area contributed by atoms with E-state index in [-0.39, 0.29) is 84.2 Å². The van der Waals surface area contributed by atoms with E-state index in [1.807, 2.05) is 125 Å². The third-order valence-corrected chi connectivity index (χ3v) is 22.4. The van der Waals surface area contributed by atoms with Crippen LogP contribution >= 0.6 is 0 Å². The number of carboxylic acid groups (broad SMARTS) is 1. The third-order valence-electron chi connectivity index (χ3n) is 22.4. The molecule has 2 unspecified atom stereocenters. The molecule has 2 atom stereocenters. The van der Waals surface area contributed by atoms with Gasteiger partial charge in [0.2, 0.25) is 35.4 Å². The number of fused-ring (bicyclic) bond motifs is 4. The number of carbonyl (C=O) groups is 14. The highest BCUT2D eigenvalue weighted by molar-refractivity contribution is 6.26. The molecule has 6 aliphatic heterocycles. The molecule has 6 aliphatic rings. The summed E-state index contributed by atoms with van der Waals surface area (Å²) >= 11 is 0. The number of para-hydroxylation sites is 2. The van der Waals surface area contributed by atoms with Gasteiger partial charge in [0.15, 0.2) is 0 Å². The van der Waals surface area contributed by atoms with E-state index in [4.69, 9.17) is 12.2 Å². The number of imide groups is 4. The highest BCUT2D eigenvalue weighted by Crippen LogP contribution is 2.41. The van der Waals surface area contributed by atoms with E-state index in [2.05, 4.69) is 47.2 Å². The largest absolute Gasteiger partial charge is 0.478 e. The molecular formula is C92H90FN15O15. The molecule has 16 rings (SSSR count). The van der Waals surface area contributed by atoms with Crippen molar-refractivity contribution in [2.45, 2.75) is 82.2 Å². The summed E-state index contributed by atoms with van der Waals surface area (Å²) in [6.07, 6.45) is 6.66. The Labute approximate surface area is 707 Å². The number of alkyl halides is 1. The van der Waals surface area contributed by atoms with E-state index in [0.717, 1.165) is 70.8 Å². The van der Waals surface area contributed by atoms with Gasteiger partial charge >= 0.3 is 5.97 Å². The fourth-order valence-electron chi connectivity index (χ4n) is 16.0. The molecule has 30 nitrogen and oxygen atoms in total. The zero-order valence-electron chi connectivity index (χ0n) is 68.4. The van der Waals surface area contributed by atoms with Crippen LogP contribution in [0.1, 0.15) is 160 Å². The number of hydrogen-bond donors (Lipinski definition) is 9. The number of nitrogens with one attached hydrogen (secondary N) is 7. The van der Waals surface area contributed by atoms with Gasteiger partial charge in [0.25, 0.3) is 41.4 Å². The van der Waals surface area contributed by atoms with E-state index >= 15 is 0 Å². The number of piperazine rings is 1. The van der Waals surface area contributed by atoms with Crippen molar-refractivity contribution in [2.75, 3.05) is 89.1 Å². The Morgan fingerprint density at radius 3 is 1.42 bits per heavy atom. The first-order valence-corrected chi connectivity index (χ1v) is 40.2. The molecule has 2 aromatic heterocycles. The molecule has 0 spiro atoms. The maximum absolute atomic E-state index is 13.6. The number of hydrogen-bond acceptors (Lipinski definition) is 20. The molecule has 13 amide bonds. The van der Waals surface area contributed by atoms with Crippen molar-refractivity contribution in [3.05, 3.63) is 244 Å². The highest BCUT2D eigenvalue weighted by atomic mass is 19.1. The van der Waals surface area contributed by atoms with E-state index in [0.29, 0.717) is 129 Å². The van der Waals surface area contributed by atoms with E-state index in [1.54, 1.807) is 98.1 Å². The molecule has 0 aliphatic carbocycles. The zero-order valence-corrected chi connectivity index (χ0v) is 67.4. The van der Waals surface area contributed by atoms with Crippen LogP contribution in [-0.2, 0) is 28.8 Å². The smallest absolute Gasteiger partial charge is 0.335 e. The summed E-state index contributed by atoms with van der Waals surface area (Å²) in [5.74, 6) is -5.83. The van der Waals surface area contributed by atoms with E-state index in [9.17, 15) is 71.5 Å². The Balaban J connectivity index is 0.000000173. The molecule has 0 saturated carbocycles. The number of halogens is 1. The number of piperidine rings is 3. The Hall–Kier alpha value is -14.8. The summed E-state index contributed by atoms with van der Waals surface area (Å²) < 4.78 is 15.5. The van der Waals surface area contributed by atoms with Gasteiger partial charge in [-0.25, -0.2) is 4.79 Å². The number of carboxylic acids is 1. The van der Waals surface area contributed by atoms with Gasteiger partial charge in [0.05, 0.1) is 75.6 Å². The fraction of sp³-hybridized carbons (Fsp3) is 0.261. The third kappa shape index (κ3) is 19.0. The highest BCUT2D eigenvalue weighted by Gasteiger charge is 2.48. The molecule has 0 radical (unpaired) electrons. The van der Waals surface area contributed by atoms with Crippen LogP contribution in [0.2, 0.25) is 0 Å². The number of rotatable bonds is 21. The van der Waals surface area contributed by atoms with Crippen LogP contribution in [0.15, 0.2) is 194 Å². The molecule has 31 heteroatoms. The molecule has 630 valence electrons. The predicted molar refractivity (Wildman–Crippen MR) is 458 cm³/mol. The minimum atomic E-state index is -1.05. The topological polar surface area (TPSA) is 411 Å². The van der Waals surface area contributed by atoms with Gasteiger partial charge in [-0.3, -0.25) is 97.1 Å². The number of nitrogens with two attached hydrogens (primary N) is 1. The van der Waals surface area contributed by atoms with Gasteiger partial charge in [0.1, 0.15) is 12.1 Å². The van der Waals surface area contributed by atoms with Gasteiger partial charge in [0, 0.05) is 126 Å². The minimum absolute atomic E-state index is 0.0414. The van der Waals surface area contributed by atoms with Crippen LogP contribution in [0.4, 0.5) is 32.8 Å². The summed E-state index contributed by atoms with van der Waals surface area (Å²) in [5, 5.41) is 30.1. The van der Waals surface area contributed by atoms with Crippen molar-refractivity contribution >= 4 is 133 Å². The summed E-state index contributed by atoms with van der Waals surface area (Å²) in [6.45, 7) is 3.68.